The van der Waals surface area contributed by atoms with Gasteiger partial charge in [0.05, 0.1) is 11.0 Å². The number of rotatable bonds is 9. The first-order chi connectivity index (χ1) is 20.2. The van der Waals surface area contributed by atoms with Crippen molar-refractivity contribution in [2.24, 2.45) is 0 Å². The Balaban J connectivity index is 1.40. The van der Waals surface area contributed by atoms with Crippen molar-refractivity contribution in [2.45, 2.75) is 6.54 Å². The topological polar surface area (TPSA) is 102 Å². The zero-order chi connectivity index (χ0) is 29.4. The number of halogens is 2. The monoisotopic (exact) mass is 567 g/mol. The zero-order valence-corrected chi connectivity index (χ0v) is 23.8. The molecule has 0 bridgehead atoms. The summed E-state index contributed by atoms with van der Waals surface area (Å²) in [5, 5.41) is 11.4. The van der Waals surface area contributed by atoms with Crippen LogP contribution in [0.1, 0.15) is 5.56 Å². The molecule has 2 aromatic carbocycles. The van der Waals surface area contributed by atoms with E-state index in [2.05, 4.69) is 35.4 Å². The normalized spacial score (nSPS) is 11.8. The van der Waals surface area contributed by atoms with Gasteiger partial charge in [0.15, 0.2) is 11.5 Å². The number of imidazole rings is 1. The molecule has 0 radical (unpaired) electrons. The van der Waals surface area contributed by atoms with Crippen LogP contribution in [0.3, 0.4) is 0 Å². The van der Waals surface area contributed by atoms with Gasteiger partial charge in [0.1, 0.15) is 17.3 Å². The quantitative estimate of drug-likeness (QED) is 0.211. The number of nitrogens with zero attached hydrogens (tertiary/aromatic N) is 6. The van der Waals surface area contributed by atoms with Crippen molar-refractivity contribution in [1.82, 2.24) is 39.9 Å². The van der Waals surface area contributed by atoms with Gasteiger partial charge in [-0.3, -0.25) is 10.1 Å². The van der Waals surface area contributed by atoms with Crippen LogP contribution < -0.4 is 5.32 Å². The fraction of sp³-hybridized carbons (Fsp3) is 0.226. The molecule has 11 heteroatoms. The number of benzene rings is 2. The van der Waals surface area contributed by atoms with Crippen LogP contribution in [0.5, 0.6) is 0 Å². The zero-order valence-electron chi connectivity index (χ0n) is 23.8. The lowest BCUT2D eigenvalue weighted by molar-refractivity contribution is 0.402. The minimum atomic E-state index is -0.379. The van der Waals surface area contributed by atoms with Crippen LogP contribution in [0.15, 0.2) is 61.1 Å². The van der Waals surface area contributed by atoms with E-state index in [0.717, 1.165) is 17.7 Å². The number of hydrogen-bond acceptors (Lipinski definition) is 7. The van der Waals surface area contributed by atoms with Crippen LogP contribution in [0.25, 0.3) is 55.8 Å². The summed E-state index contributed by atoms with van der Waals surface area (Å²) >= 11 is 0. The largest absolute Gasteiger partial charge is 0.384 e. The molecule has 0 aliphatic carbocycles. The fourth-order valence-corrected chi connectivity index (χ4v) is 5.06. The predicted molar refractivity (Wildman–Crippen MR) is 162 cm³/mol. The maximum Gasteiger partial charge on any atom is 0.178 e. The summed E-state index contributed by atoms with van der Waals surface area (Å²) in [7, 11) is 7.93. The Morgan fingerprint density at radius 3 is 2.57 bits per heavy atom. The summed E-state index contributed by atoms with van der Waals surface area (Å²) in [6.07, 6.45) is 5.09. The van der Waals surface area contributed by atoms with E-state index < -0.39 is 0 Å². The highest BCUT2D eigenvalue weighted by Crippen LogP contribution is 2.34. The van der Waals surface area contributed by atoms with Crippen LogP contribution in [-0.2, 0) is 6.54 Å². The number of aromatic nitrogens is 6. The molecule has 0 aliphatic rings. The second-order valence-corrected chi connectivity index (χ2v) is 10.9. The average Bonchev–Trinajstić information content (AvgIpc) is 3.55. The van der Waals surface area contributed by atoms with E-state index in [-0.39, 0.29) is 11.6 Å². The van der Waals surface area contributed by atoms with E-state index in [1.165, 1.54) is 18.2 Å². The summed E-state index contributed by atoms with van der Waals surface area (Å²) in [5.74, 6) is -0.258. The van der Waals surface area contributed by atoms with E-state index in [0.29, 0.717) is 69.1 Å². The average molecular weight is 568 g/mol. The third kappa shape index (κ3) is 5.56. The molecule has 0 atom stereocenters. The maximum absolute atomic E-state index is 15.2. The maximum atomic E-state index is 15.2. The Hall–Kier alpha value is -4.74. The van der Waals surface area contributed by atoms with E-state index in [4.69, 9.17) is 4.98 Å². The Labute approximate surface area is 241 Å². The minimum absolute atomic E-state index is 0.346. The first-order valence-corrected chi connectivity index (χ1v) is 13.6. The number of anilines is 1. The highest BCUT2D eigenvalue weighted by molar-refractivity contribution is 5.97. The molecule has 4 aromatic heterocycles. The van der Waals surface area contributed by atoms with Crippen molar-refractivity contribution in [1.29, 1.82) is 0 Å². The molecular formula is C31H31F2N9. The lowest BCUT2D eigenvalue weighted by Gasteiger charge is -2.13. The van der Waals surface area contributed by atoms with E-state index in [9.17, 15) is 4.39 Å². The van der Waals surface area contributed by atoms with Crippen molar-refractivity contribution in [2.75, 3.05) is 46.6 Å². The number of hydrogen-bond donors (Lipinski definition) is 3. The molecule has 0 spiro atoms. The molecule has 42 heavy (non-hydrogen) atoms. The van der Waals surface area contributed by atoms with Crippen LogP contribution in [0.4, 0.5) is 14.5 Å². The van der Waals surface area contributed by atoms with Gasteiger partial charge in [0.2, 0.25) is 0 Å². The standard InChI is InChI=1S/C31H31F2N9/c1-41(2)8-7-35-22-11-19(10-21(32)12-22)23-5-6-36-30-28(23)37-31(38-30)29-25-13-24(26(33)14-27(25)39-40-29)20-9-18(15-34-16-20)17-42(3)4/h5-6,9-16,35H,7-8,17H2,1-4H3,(H,39,40)(H,36,37,38). The van der Waals surface area contributed by atoms with Gasteiger partial charge in [0.25, 0.3) is 0 Å². The van der Waals surface area contributed by atoms with Gasteiger partial charge in [-0.05, 0) is 75.7 Å². The minimum Gasteiger partial charge on any atom is -0.384 e. The van der Waals surface area contributed by atoms with E-state index in [1.807, 2.05) is 51.3 Å². The lowest BCUT2D eigenvalue weighted by atomic mass is 10.0. The molecule has 4 heterocycles. The Morgan fingerprint density at radius 1 is 0.905 bits per heavy atom. The Kier molecular flexibility index (Phi) is 7.36. The summed E-state index contributed by atoms with van der Waals surface area (Å²) in [5.41, 5.74) is 6.38. The van der Waals surface area contributed by atoms with Gasteiger partial charge in [0, 0.05) is 72.1 Å². The molecule has 3 N–H and O–H groups in total. The molecule has 0 amide bonds. The summed E-state index contributed by atoms with van der Waals surface area (Å²) in [4.78, 5) is 20.9. The highest BCUT2D eigenvalue weighted by atomic mass is 19.1. The summed E-state index contributed by atoms with van der Waals surface area (Å²) in [6.45, 7) is 2.19. The van der Waals surface area contributed by atoms with Crippen LogP contribution in [0, 0.1) is 11.6 Å². The molecule has 0 saturated carbocycles. The van der Waals surface area contributed by atoms with E-state index in [1.54, 1.807) is 24.7 Å². The smallest absolute Gasteiger partial charge is 0.178 e. The molecule has 0 fully saturated rings. The third-order valence-electron chi connectivity index (χ3n) is 6.97. The Bertz CT molecular complexity index is 1890. The van der Waals surface area contributed by atoms with Crippen molar-refractivity contribution >= 4 is 27.8 Å². The first kappa shape index (κ1) is 27.4. The van der Waals surface area contributed by atoms with Crippen molar-refractivity contribution < 1.29 is 8.78 Å². The van der Waals surface area contributed by atoms with Crippen LogP contribution in [0.2, 0.25) is 0 Å². The number of pyridine rings is 2. The van der Waals surface area contributed by atoms with Crippen molar-refractivity contribution in [3.63, 3.8) is 0 Å². The van der Waals surface area contributed by atoms with Gasteiger partial charge < -0.3 is 20.1 Å². The number of H-pyrrole nitrogens is 2. The molecule has 0 unspecified atom stereocenters. The third-order valence-corrected chi connectivity index (χ3v) is 6.97. The number of nitrogens with one attached hydrogen (secondary N) is 3. The summed E-state index contributed by atoms with van der Waals surface area (Å²) < 4.78 is 29.9. The second kappa shape index (κ2) is 11.3. The second-order valence-electron chi connectivity index (χ2n) is 10.9. The summed E-state index contributed by atoms with van der Waals surface area (Å²) in [6, 6.07) is 11.8. The molecule has 6 aromatic rings. The van der Waals surface area contributed by atoms with Gasteiger partial charge in [-0.15, -0.1) is 0 Å². The first-order valence-electron chi connectivity index (χ1n) is 13.6. The van der Waals surface area contributed by atoms with Crippen LogP contribution in [-0.4, -0.2) is 81.2 Å². The molecule has 6 rings (SSSR count). The predicted octanol–water partition coefficient (Wildman–Crippen LogP) is 5.54. The van der Waals surface area contributed by atoms with E-state index >= 15 is 4.39 Å². The molecule has 9 nitrogen and oxygen atoms in total. The van der Waals surface area contributed by atoms with Gasteiger partial charge in [-0.25, -0.2) is 18.7 Å². The van der Waals surface area contributed by atoms with Crippen molar-refractivity contribution in [3.8, 4) is 33.8 Å². The number of aromatic amines is 2. The molecular weight excluding hydrogens is 536 g/mol. The van der Waals surface area contributed by atoms with Gasteiger partial charge >= 0.3 is 0 Å². The molecule has 214 valence electrons. The molecule has 0 aliphatic heterocycles. The lowest BCUT2D eigenvalue weighted by Crippen LogP contribution is -2.20. The van der Waals surface area contributed by atoms with Gasteiger partial charge in [-0.1, -0.05) is 0 Å². The number of likely N-dealkylation sites (N-methyl/N-ethyl adjacent to an activating group) is 1. The van der Waals surface area contributed by atoms with Gasteiger partial charge in [-0.2, -0.15) is 5.10 Å². The fourth-order valence-electron chi connectivity index (χ4n) is 5.06. The number of fused-ring (bicyclic) bond motifs is 2. The highest BCUT2D eigenvalue weighted by Gasteiger charge is 2.19. The van der Waals surface area contributed by atoms with Crippen LogP contribution >= 0.6 is 0 Å². The van der Waals surface area contributed by atoms with Crippen molar-refractivity contribution in [3.05, 3.63) is 78.3 Å². The Morgan fingerprint density at radius 2 is 1.76 bits per heavy atom. The SMILES string of the molecule is CN(C)CCNc1cc(F)cc(-c2ccnc3nc(-c4n[nH]c5cc(F)c(-c6cncc(CN(C)C)c6)cc45)[nH]c23)c1. The molecule has 0 saturated heterocycles.